The molecule has 0 aliphatic heterocycles. The molecule has 2 N–H and O–H groups in total. The third-order valence-electron chi connectivity index (χ3n) is 2.15. The minimum Gasteiger partial charge on any atom is -0.504 e. The lowest BCUT2D eigenvalue weighted by molar-refractivity contribution is -0.108. The average Bonchev–Trinajstić information content (AvgIpc) is 2.16. The summed E-state index contributed by atoms with van der Waals surface area (Å²) in [6.07, 6.45) is 0.827. The molecule has 1 aromatic rings. The first kappa shape index (κ1) is 12.0. The Kier molecular flexibility index (Phi) is 3.68. The molecular formula is C10H10BrFO3. The maximum atomic E-state index is 13.2. The third-order valence-corrected chi connectivity index (χ3v) is 2.96. The van der Waals surface area contributed by atoms with Crippen LogP contribution < -0.4 is 0 Å². The molecule has 0 saturated heterocycles. The lowest BCUT2D eigenvalue weighted by Gasteiger charge is -2.14. The highest BCUT2D eigenvalue weighted by Gasteiger charge is 2.20. The molecule has 1 atom stereocenters. The van der Waals surface area contributed by atoms with Gasteiger partial charge in [0.05, 0.1) is 4.47 Å². The Morgan fingerprint density at radius 1 is 1.60 bits per heavy atom. The molecule has 15 heavy (non-hydrogen) atoms. The lowest BCUT2D eigenvalue weighted by atomic mass is 9.97. The van der Waals surface area contributed by atoms with Gasteiger partial charge in [-0.1, -0.05) is 6.92 Å². The first-order chi connectivity index (χ1) is 6.99. The van der Waals surface area contributed by atoms with E-state index in [0.717, 1.165) is 6.07 Å². The number of rotatable bonds is 3. The fourth-order valence-electron chi connectivity index (χ4n) is 1.33. The zero-order valence-corrected chi connectivity index (χ0v) is 9.58. The summed E-state index contributed by atoms with van der Waals surface area (Å²) in [4.78, 5) is 10.3. The third kappa shape index (κ3) is 2.28. The predicted molar refractivity (Wildman–Crippen MR) is 56.5 cm³/mol. The Hall–Kier alpha value is -1.10. The van der Waals surface area contributed by atoms with E-state index < -0.39 is 17.3 Å². The molecule has 0 aromatic heterocycles. The zero-order chi connectivity index (χ0) is 11.6. The molecular weight excluding hydrogens is 267 g/mol. The van der Waals surface area contributed by atoms with E-state index in [-0.39, 0.29) is 22.4 Å². The van der Waals surface area contributed by atoms with E-state index in [1.807, 2.05) is 0 Å². The van der Waals surface area contributed by atoms with Crippen LogP contribution in [0.2, 0.25) is 0 Å². The van der Waals surface area contributed by atoms with E-state index in [4.69, 9.17) is 0 Å². The summed E-state index contributed by atoms with van der Waals surface area (Å²) in [5.74, 6) is -1.95. The van der Waals surface area contributed by atoms with Gasteiger partial charge in [0.25, 0.3) is 0 Å². The van der Waals surface area contributed by atoms with Crippen LogP contribution in [0.15, 0.2) is 10.5 Å². The number of carbonyl (C=O) groups excluding carboxylic acids is 1. The second-order valence-electron chi connectivity index (χ2n) is 3.26. The molecule has 0 aliphatic rings. The standard InChI is InChI=1S/C10H10BrFO3/c1-5(2-3-13)8-9(11)6(12)4-7(14)10(8)15/h3-5,14-15H,2H2,1H3. The number of aromatic hydroxyl groups is 2. The van der Waals surface area contributed by atoms with Crippen molar-refractivity contribution < 1.29 is 19.4 Å². The molecule has 0 radical (unpaired) electrons. The van der Waals surface area contributed by atoms with E-state index in [1.54, 1.807) is 6.92 Å². The quantitative estimate of drug-likeness (QED) is 0.659. The summed E-state index contributed by atoms with van der Waals surface area (Å²) in [5.41, 5.74) is 0.208. The Balaban J connectivity index is 3.31. The second-order valence-corrected chi connectivity index (χ2v) is 4.05. The van der Waals surface area contributed by atoms with Gasteiger partial charge in [-0.25, -0.2) is 4.39 Å². The Morgan fingerprint density at radius 2 is 2.20 bits per heavy atom. The number of hydrogen-bond acceptors (Lipinski definition) is 3. The van der Waals surface area contributed by atoms with Gasteiger partial charge in [0.1, 0.15) is 12.1 Å². The molecule has 0 amide bonds. The SMILES string of the molecule is CC(CC=O)c1c(O)c(O)cc(F)c1Br. The van der Waals surface area contributed by atoms with Crippen molar-refractivity contribution in [3.63, 3.8) is 0 Å². The molecule has 5 heteroatoms. The first-order valence-corrected chi connectivity index (χ1v) is 5.11. The van der Waals surface area contributed by atoms with E-state index in [0.29, 0.717) is 6.29 Å². The minimum atomic E-state index is -0.668. The van der Waals surface area contributed by atoms with Gasteiger partial charge < -0.3 is 15.0 Å². The highest BCUT2D eigenvalue weighted by atomic mass is 79.9. The van der Waals surface area contributed by atoms with Crippen LogP contribution in [0.3, 0.4) is 0 Å². The second kappa shape index (κ2) is 4.61. The number of aldehydes is 1. The molecule has 0 spiro atoms. The van der Waals surface area contributed by atoms with Crippen LogP contribution in [-0.4, -0.2) is 16.5 Å². The first-order valence-electron chi connectivity index (χ1n) is 4.32. The van der Waals surface area contributed by atoms with Crippen LogP contribution >= 0.6 is 15.9 Å². The monoisotopic (exact) mass is 276 g/mol. The fourth-order valence-corrected chi connectivity index (χ4v) is 2.03. The molecule has 82 valence electrons. The van der Waals surface area contributed by atoms with Crippen molar-refractivity contribution in [2.75, 3.05) is 0 Å². The molecule has 1 unspecified atom stereocenters. The van der Waals surface area contributed by atoms with Gasteiger partial charge in [-0.2, -0.15) is 0 Å². The molecule has 0 aliphatic carbocycles. The van der Waals surface area contributed by atoms with Crippen LogP contribution in [0.5, 0.6) is 11.5 Å². The van der Waals surface area contributed by atoms with Gasteiger partial charge in [0.15, 0.2) is 11.5 Å². The molecule has 0 bridgehead atoms. The van der Waals surface area contributed by atoms with E-state index in [1.165, 1.54) is 0 Å². The molecule has 0 saturated carbocycles. The number of phenolic OH excluding ortho intramolecular Hbond substituents is 2. The highest BCUT2D eigenvalue weighted by molar-refractivity contribution is 9.10. The topological polar surface area (TPSA) is 57.5 Å². The Labute approximate surface area is 94.7 Å². The van der Waals surface area contributed by atoms with Gasteiger partial charge in [0, 0.05) is 18.1 Å². The van der Waals surface area contributed by atoms with Crippen molar-refractivity contribution >= 4 is 22.2 Å². The number of phenols is 2. The molecule has 0 heterocycles. The van der Waals surface area contributed by atoms with Gasteiger partial charge in [-0.05, 0) is 21.8 Å². The predicted octanol–water partition coefficient (Wildman–Crippen LogP) is 2.69. The van der Waals surface area contributed by atoms with E-state index in [2.05, 4.69) is 15.9 Å². The number of halogens is 2. The smallest absolute Gasteiger partial charge is 0.162 e. The van der Waals surface area contributed by atoms with Crippen molar-refractivity contribution in [3.8, 4) is 11.5 Å². The fraction of sp³-hybridized carbons (Fsp3) is 0.300. The maximum Gasteiger partial charge on any atom is 0.162 e. The van der Waals surface area contributed by atoms with Crippen LogP contribution in [0.25, 0.3) is 0 Å². The molecule has 1 rings (SSSR count). The summed E-state index contributed by atoms with van der Waals surface area (Å²) < 4.78 is 13.3. The number of carbonyl (C=O) groups is 1. The molecule has 1 aromatic carbocycles. The summed E-state index contributed by atoms with van der Waals surface area (Å²) in [6.45, 7) is 1.66. The van der Waals surface area contributed by atoms with Gasteiger partial charge in [-0.15, -0.1) is 0 Å². The summed E-state index contributed by atoms with van der Waals surface area (Å²) in [7, 11) is 0. The van der Waals surface area contributed by atoms with Crippen LogP contribution in [-0.2, 0) is 4.79 Å². The Bertz CT molecular complexity index is 366. The number of hydrogen-bond donors (Lipinski definition) is 2. The van der Waals surface area contributed by atoms with E-state index in [9.17, 15) is 19.4 Å². The van der Waals surface area contributed by atoms with Crippen LogP contribution in [0, 0.1) is 5.82 Å². The lowest BCUT2D eigenvalue weighted by Crippen LogP contribution is -1.98. The normalized spacial score (nSPS) is 12.5. The summed E-state index contributed by atoms with van der Waals surface area (Å²) >= 11 is 2.97. The van der Waals surface area contributed by atoms with Crippen molar-refractivity contribution in [2.24, 2.45) is 0 Å². The van der Waals surface area contributed by atoms with Crippen molar-refractivity contribution in [1.29, 1.82) is 0 Å². The largest absolute Gasteiger partial charge is 0.504 e. The zero-order valence-electron chi connectivity index (χ0n) is 8.00. The van der Waals surface area contributed by atoms with Crippen molar-refractivity contribution in [3.05, 3.63) is 21.9 Å². The van der Waals surface area contributed by atoms with Gasteiger partial charge >= 0.3 is 0 Å². The van der Waals surface area contributed by atoms with Crippen molar-refractivity contribution in [1.82, 2.24) is 0 Å². The van der Waals surface area contributed by atoms with Gasteiger partial charge in [-0.3, -0.25) is 0 Å². The van der Waals surface area contributed by atoms with Crippen LogP contribution in [0.1, 0.15) is 24.8 Å². The average molecular weight is 277 g/mol. The molecule has 0 fully saturated rings. The number of benzene rings is 1. The van der Waals surface area contributed by atoms with Gasteiger partial charge in [0.2, 0.25) is 0 Å². The highest BCUT2D eigenvalue weighted by Crippen LogP contribution is 2.41. The van der Waals surface area contributed by atoms with Crippen molar-refractivity contribution in [2.45, 2.75) is 19.3 Å². The van der Waals surface area contributed by atoms with E-state index >= 15 is 0 Å². The summed E-state index contributed by atoms with van der Waals surface area (Å²) in [6, 6.07) is 0.816. The maximum absolute atomic E-state index is 13.2. The Morgan fingerprint density at radius 3 is 2.73 bits per heavy atom. The summed E-state index contributed by atoms with van der Waals surface area (Å²) in [5, 5.41) is 18.8. The molecule has 3 nitrogen and oxygen atoms in total. The van der Waals surface area contributed by atoms with Crippen LogP contribution in [0.4, 0.5) is 4.39 Å². The minimum absolute atomic E-state index is 0.0761.